The lowest BCUT2D eigenvalue weighted by molar-refractivity contribution is 0.0136. The van der Waals surface area contributed by atoms with Crippen molar-refractivity contribution in [2.24, 2.45) is 0 Å². The van der Waals surface area contributed by atoms with Crippen LogP contribution in [0.25, 0.3) is 0 Å². The molecule has 104 valence electrons. The highest BCUT2D eigenvalue weighted by Gasteiger charge is 2.22. The number of carbonyl (C=O) groups is 1. The number of halogens is 1. The van der Waals surface area contributed by atoms with Crippen LogP contribution in [0, 0.1) is 0 Å². The molecule has 2 heterocycles. The van der Waals surface area contributed by atoms with E-state index in [0.29, 0.717) is 18.0 Å². The first-order valence-corrected chi connectivity index (χ1v) is 7.15. The number of nitrogens with zero attached hydrogens (tertiary/aromatic N) is 1. The smallest absolute Gasteiger partial charge is 0.255 e. The summed E-state index contributed by atoms with van der Waals surface area (Å²) in [6.45, 7) is 2.72. The summed E-state index contributed by atoms with van der Waals surface area (Å²) >= 11 is 3.34. The predicted octanol–water partition coefficient (Wildman–Crippen LogP) is 2.18. The van der Waals surface area contributed by atoms with Crippen molar-refractivity contribution in [1.29, 1.82) is 0 Å². The third kappa shape index (κ3) is 3.67. The Morgan fingerprint density at radius 3 is 3.05 bits per heavy atom. The summed E-state index contributed by atoms with van der Waals surface area (Å²) in [4.78, 5) is 16.5. The van der Waals surface area contributed by atoms with E-state index < -0.39 is 0 Å². The van der Waals surface area contributed by atoms with Crippen molar-refractivity contribution in [3.8, 4) is 0 Å². The molecule has 1 amide bonds. The lowest BCUT2D eigenvalue weighted by Gasteiger charge is -2.28. The van der Waals surface area contributed by atoms with Crippen LogP contribution < -0.4 is 10.6 Å². The molecular formula is C13H18BrN3O2. The Kier molecular flexibility index (Phi) is 4.76. The number of nitrogens with one attached hydrogen (secondary N) is 2. The first-order chi connectivity index (χ1) is 9.10. The summed E-state index contributed by atoms with van der Waals surface area (Å²) in [7, 11) is 1.75. The Balaban J connectivity index is 2.09. The zero-order valence-electron chi connectivity index (χ0n) is 11.1. The lowest BCUT2D eigenvalue weighted by atomic mass is 10.0. The second-order valence-electron chi connectivity index (χ2n) is 4.68. The Labute approximate surface area is 121 Å². The summed E-state index contributed by atoms with van der Waals surface area (Å²) in [6.07, 6.45) is 3.57. The van der Waals surface area contributed by atoms with Gasteiger partial charge in [0.15, 0.2) is 0 Å². The predicted molar refractivity (Wildman–Crippen MR) is 77.4 cm³/mol. The molecule has 0 spiro atoms. The quantitative estimate of drug-likeness (QED) is 0.893. The van der Waals surface area contributed by atoms with Gasteiger partial charge >= 0.3 is 0 Å². The highest BCUT2D eigenvalue weighted by atomic mass is 79.9. The Morgan fingerprint density at radius 1 is 1.58 bits per heavy atom. The summed E-state index contributed by atoms with van der Waals surface area (Å²) < 4.78 is 6.26. The van der Waals surface area contributed by atoms with Crippen LogP contribution >= 0.6 is 15.9 Å². The lowest BCUT2D eigenvalue weighted by Crippen LogP contribution is -2.41. The van der Waals surface area contributed by atoms with Crippen molar-refractivity contribution in [3.05, 3.63) is 22.3 Å². The van der Waals surface area contributed by atoms with E-state index in [-0.39, 0.29) is 18.1 Å². The second-order valence-corrected chi connectivity index (χ2v) is 5.59. The molecule has 1 aromatic rings. The maximum absolute atomic E-state index is 12.3. The Hall–Kier alpha value is -1.14. The van der Waals surface area contributed by atoms with Crippen LogP contribution in [-0.2, 0) is 4.74 Å². The molecule has 2 N–H and O–H groups in total. The fraction of sp³-hybridized carbons (Fsp3) is 0.538. The minimum absolute atomic E-state index is 0.0998. The van der Waals surface area contributed by atoms with Crippen molar-refractivity contribution in [2.45, 2.75) is 31.9 Å². The SMILES string of the molecule is CNc1ncc(Br)cc1C(=O)NC1CCOC(C)C1. The number of hydrogen-bond donors (Lipinski definition) is 2. The highest BCUT2D eigenvalue weighted by Crippen LogP contribution is 2.19. The monoisotopic (exact) mass is 327 g/mol. The van der Waals surface area contributed by atoms with E-state index in [2.05, 4.69) is 31.5 Å². The van der Waals surface area contributed by atoms with E-state index in [1.165, 1.54) is 0 Å². The molecule has 0 aromatic carbocycles. The molecule has 2 atom stereocenters. The molecule has 19 heavy (non-hydrogen) atoms. The fourth-order valence-electron chi connectivity index (χ4n) is 2.20. The minimum Gasteiger partial charge on any atom is -0.378 e. The van der Waals surface area contributed by atoms with Gasteiger partial charge in [0.05, 0.1) is 11.7 Å². The van der Waals surface area contributed by atoms with Gasteiger partial charge in [-0.05, 0) is 41.8 Å². The van der Waals surface area contributed by atoms with Crippen molar-refractivity contribution >= 4 is 27.7 Å². The molecular weight excluding hydrogens is 310 g/mol. The summed E-state index contributed by atoms with van der Waals surface area (Å²) in [5.41, 5.74) is 0.552. The molecule has 0 saturated carbocycles. The van der Waals surface area contributed by atoms with Gasteiger partial charge < -0.3 is 15.4 Å². The number of rotatable bonds is 3. The third-order valence-corrected chi connectivity index (χ3v) is 3.59. The molecule has 1 aromatic heterocycles. The van der Waals surface area contributed by atoms with Gasteiger partial charge in [0, 0.05) is 30.4 Å². The second kappa shape index (κ2) is 6.34. The zero-order chi connectivity index (χ0) is 13.8. The van der Waals surface area contributed by atoms with E-state index in [1.807, 2.05) is 6.92 Å². The van der Waals surface area contributed by atoms with Gasteiger partial charge in [-0.2, -0.15) is 0 Å². The normalized spacial score (nSPS) is 22.9. The van der Waals surface area contributed by atoms with Gasteiger partial charge in [-0.15, -0.1) is 0 Å². The van der Waals surface area contributed by atoms with E-state index in [1.54, 1.807) is 19.3 Å². The number of aromatic nitrogens is 1. The molecule has 2 rings (SSSR count). The molecule has 0 bridgehead atoms. The van der Waals surface area contributed by atoms with Crippen LogP contribution in [0.1, 0.15) is 30.1 Å². The van der Waals surface area contributed by atoms with Gasteiger partial charge in [0.1, 0.15) is 5.82 Å². The average molecular weight is 328 g/mol. The van der Waals surface area contributed by atoms with Crippen LogP contribution in [-0.4, -0.2) is 36.7 Å². The third-order valence-electron chi connectivity index (χ3n) is 3.16. The van der Waals surface area contributed by atoms with Crippen LogP contribution in [0.15, 0.2) is 16.7 Å². The van der Waals surface area contributed by atoms with Crippen molar-refractivity contribution in [1.82, 2.24) is 10.3 Å². The number of hydrogen-bond acceptors (Lipinski definition) is 4. The van der Waals surface area contributed by atoms with Crippen molar-refractivity contribution in [3.63, 3.8) is 0 Å². The maximum Gasteiger partial charge on any atom is 0.255 e. The molecule has 0 aliphatic carbocycles. The molecule has 1 aliphatic rings. The van der Waals surface area contributed by atoms with Crippen molar-refractivity contribution < 1.29 is 9.53 Å². The molecule has 1 saturated heterocycles. The van der Waals surface area contributed by atoms with Crippen LogP contribution in [0.4, 0.5) is 5.82 Å². The van der Waals surface area contributed by atoms with Crippen LogP contribution in [0.5, 0.6) is 0 Å². The Bertz CT molecular complexity index is 467. The summed E-state index contributed by atoms with van der Waals surface area (Å²) in [6, 6.07) is 1.94. The molecule has 2 unspecified atom stereocenters. The topological polar surface area (TPSA) is 63.2 Å². The van der Waals surface area contributed by atoms with E-state index in [0.717, 1.165) is 17.3 Å². The fourth-order valence-corrected chi connectivity index (χ4v) is 2.54. The van der Waals surface area contributed by atoms with Gasteiger partial charge in [-0.1, -0.05) is 0 Å². The minimum atomic E-state index is -0.0998. The average Bonchev–Trinajstić information content (AvgIpc) is 2.38. The molecule has 5 nitrogen and oxygen atoms in total. The van der Waals surface area contributed by atoms with Gasteiger partial charge in [0.2, 0.25) is 0 Å². The van der Waals surface area contributed by atoms with Crippen molar-refractivity contribution in [2.75, 3.05) is 19.0 Å². The first-order valence-electron chi connectivity index (χ1n) is 6.36. The van der Waals surface area contributed by atoms with Gasteiger partial charge in [0.25, 0.3) is 5.91 Å². The van der Waals surface area contributed by atoms with Crippen LogP contribution in [0.3, 0.4) is 0 Å². The molecule has 6 heteroatoms. The molecule has 0 radical (unpaired) electrons. The molecule has 1 fully saturated rings. The largest absolute Gasteiger partial charge is 0.378 e. The molecule has 1 aliphatic heterocycles. The maximum atomic E-state index is 12.3. The summed E-state index contributed by atoms with van der Waals surface area (Å²) in [5.74, 6) is 0.484. The number of pyridine rings is 1. The number of ether oxygens (including phenoxy) is 1. The highest BCUT2D eigenvalue weighted by molar-refractivity contribution is 9.10. The zero-order valence-corrected chi connectivity index (χ0v) is 12.7. The number of anilines is 1. The van der Waals surface area contributed by atoms with E-state index >= 15 is 0 Å². The van der Waals surface area contributed by atoms with Gasteiger partial charge in [-0.3, -0.25) is 4.79 Å². The number of carbonyl (C=O) groups excluding carboxylic acids is 1. The number of amides is 1. The van der Waals surface area contributed by atoms with Crippen LogP contribution in [0.2, 0.25) is 0 Å². The standard InChI is InChI=1S/C13H18BrN3O2/c1-8-5-10(3-4-19-8)17-13(18)11-6-9(14)7-16-12(11)15-2/h6-8,10H,3-5H2,1-2H3,(H,15,16)(H,17,18). The summed E-state index contributed by atoms with van der Waals surface area (Å²) in [5, 5.41) is 5.98. The van der Waals surface area contributed by atoms with Gasteiger partial charge in [-0.25, -0.2) is 4.98 Å². The van der Waals surface area contributed by atoms with E-state index in [4.69, 9.17) is 4.74 Å². The van der Waals surface area contributed by atoms with E-state index in [9.17, 15) is 4.79 Å². The first kappa shape index (κ1) is 14.3. The Morgan fingerprint density at radius 2 is 2.37 bits per heavy atom.